The Morgan fingerprint density at radius 3 is 2.77 bits per heavy atom. The third kappa shape index (κ3) is 3.13. The fourth-order valence-corrected chi connectivity index (χ4v) is 5.11. The van der Waals surface area contributed by atoms with Crippen LogP contribution in [-0.4, -0.2) is 45.3 Å². The van der Waals surface area contributed by atoms with Crippen molar-refractivity contribution >= 4 is 22.5 Å². The predicted molar refractivity (Wildman–Crippen MR) is 113 cm³/mol. The van der Waals surface area contributed by atoms with Crippen molar-refractivity contribution in [3.05, 3.63) is 63.3 Å². The van der Waals surface area contributed by atoms with E-state index in [1.807, 2.05) is 40.9 Å². The lowest BCUT2D eigenvalue weighted by atomic mass is 9.83. The highest BCUT2D eigenvalue weighted by Crippen LogP contribution is 2.36. The van der Waals surface area contributed by atoms with Crippen molar-refractivity contribution in [2.24, 2.45) is 13.0 Å². The Bertz CT molecular complexity index is 1240. The SMILES string of the molecule is COc1ccc2c(c1)c(C(=O)N1CC3CC(C1)c1ccc([NH+]([O-])O)c(=O)n1C3)cn2C. The van der Waals surface area contributed by atoms with E-state index in [4.69, 9.17) is 4.74 Å². The highest BCUT2D eigenvalue weighted by atomic mass is 16.8. The van der Waals surface area contributed by atoms with Crippen LogP contribution in [0.15, 0.2) is 41.3 Å². The second kappa shape index (κ2) is 7.23. The Morgan fingerprint density at radius 2 is 2.03 bits per heavy atom. The molecule has 31 heavy (non-hydrogen) atoms. The van der Waals surface area contributed by atoms with Gasteiger partial charge in [-0.1, -0.05) is 0 Å². The van der Waals surface area contributed by atoms with Gasteiger partial charge in [0.1, 0.15) is 5.75 Å². The van der Waals surface area contributed by atoms with Crippen molar-refractivity contribution in [2.45, 2.75) is 18.9 Å². The van der Waals surface area contributed by atoms with Crippen LogP contribution in [0.1, 0.15) is 28.4 Å². The Hall–Kier alpha value is -3.14. The minimum atomic E-state index is -1.21. The molecule has 1 saturated heterocycles. The van der Waals surface area contributed by atoms with Crippen LogP contribution < -0.4 is 15.5 Å². The minimum absolute atomic E-state index is 0.0107. The number of carbonyl (C=O) groups is 1. The molecule has 2 aromatic heterocycles. The van der Waals surface area contributed by atoms with Gasteiger partial charge in [-0.2, -0.15) is 5.23 Å². The summed E-state index contributed by atoms with van der Waals surface area (Å²) in [5.74, 6) is 0.787. The predicted octanol–water partition coefficient (Wildman–Crippen LogP) is 1.01. The number of ether oxygens (including phenoxy) is 1. The van der Waals surface area contributed by atoms with Crippen LogP contribution in [-0.2, 0) is 13.6 Å². The molecule has 2 N–H and O–H groups in total. The number of benzene rings is 1. The summed E-state index contributed by atoms with van der Waals surface area (Å²) in [6.07, 6.45) is 2.74. The molecular weight excluding hydrogens is 400 g/mol. The molecule has 4 heterocycles. The molecule has 1 fully saturated rings. The molecule has 5 rings (SSSR count). The van der Waals surface area contributed by atoms with E-state index in [0.717, 1.165) is 23.0 Å². The maximum atomic E-state index is 13.5. The molecule has 0 spiro atoms. The van der Waals surface area contributed by atoms with Gasteiger partial charge in [-0.05, 0) is 36.6 Å². The molecular formula is C22H24N4O5. The van der Waals surface area contributed by atoms with Gasteiger partial charge >= 0.3 is 5.56 Å². The maximum absolute atomic E-state index is 13.5. The number of hydrogen-bond acceptors (Lipinski definition) is 5. The zero-order valence-electron chi connectivity index (χ0n) is 17.4. The third-order valence-corrected chi connectivity index (χ3v) is 6.55. The summed E-state index contributed by atoms with van der Waals surface area (Å²) < 4.78 is 8.87. The van der Waals surface area contributed by atoms with Gasteiger partial charge < -0.3 is 24.0 Å². The monoisotopic (exact) mass is 424 g/mol. The van der Waals surface area contributed by atoms with Crippen molar-refractivity contribution in [1.29, 1.82) is 0 Å². The van der Waals surface area contributed by atoms with E-state index in [0.29, 0.717) is 30.9 Å². The average Bonchev–Trinajstić information content (AvgIpc) is 3.09. The molecule has 3 unspecified atom stereocenters. The fraction of sp³-hybridized carbons (Fsp3) is 0.364. The van der Waals surface area contributed by atoms with Crippen LogP contribution in [0.4, 0.5) is 5.69 Å². The van der Waals surface area contributed by atoms with E-state index >= 15 is 0 Å². The number of methoxy groups -OCH3 is 1. The minimum Gasteiger partial charge on any atom is -0.595 e. The number of quaternary nitrogens is 1. The van der Waals surface area contributed by atoms with Crippen molar-refractivity contribution in [3.63, 3.8) is 0 Å². The summed E-state index contributed by atoms with van der Waals surface area (Å²) in [5, 5.41) is 20.2. The first-order valence-corrected chi connectivity index (χ1v) is 10.3. The van der Waals surface area contributed by atoms with E-state index in [9.17, 15) is 20.0 Å². The van der Waals surface area contributed by atoms with Crippen molar-refractivity contribution < 1.29 is 20.0 Å². The highest BCUT2D eigenvalue weighted by Gasteiger charge is 2.38. The lowest BCUT2D eigenvalue weighted by Crippen LogP contribution is -3.00. The zero-order chi connectivity index (χ0) is 21.9. The number of fused-ring (bicyclic) bond motifs is 5. The normalized spacial score (nSPS) is 21.1. The molecule has 3 atom stereocenters. The number of nitrogens with zero attached hydrogens (tertiary/aromatic N) is 3. The summed E-state index contributed by atoms with van der Waals surface area (Å²) in [5.41, 5.74) is 1.74. The maximum Gasteiger partial charge on any atom is 0.315 e. The molecule has 2 aliphatic rings. The van der Waals surface area contributed by atoms with Gasteiger partial charge in [0, 0.05) is 61.5 Å². The van der Waals surface area contributed by atoms with Gasteiger partial charge in [-0.15, -0.1) is 0 Å². The molecule has 1 aromatic carbocycles. The zero-order valence-corrected chi connectivity index (χ0v) is 17.4. The van der Waals surface area contributed by atoms with Gasteiger partial charge in [-0.3, -0.25) is 9.59 Å². The topological polar surface area (TPSA) is 104 Å². The van der Waals surface area contributed by atoms with E-state index in [-0.39, 0.29) is 23.4 Å². The number of rotatable bonds is 3. The lowest BCUT2D eigenvalue weighted by Gasteiger charge is -2.42. The van der Waals surface area contributed by atoms with Crippen LogP contribution in [0, 0.1) is 11.1 Å². The van der Waals surface area contributed by atoms with E-state index in [1.165, 1.54) is 6.07 Å². The molecule has 2 aliphatic heterocycles. The summed E-state index contributed by atoms with van der Waals surface area (Å²) in [7, 11) is 3.52. The highest BCUT2D eigenvalue weighted by molar-refractivity contribution is 6.07. The quantitative estimate of drug-likeness (QED) is 0.611. The number of aryl methyl sites for hydroxylation is 1. The number of carbonyl (C=O) groups excluding carboxylic acids is 1. The van der Waals surface area contributed by atoms with E-state index in [1.54, 1.807) is 17.7 Å². The molecule has 162 valence electrons. The third-order valence-electron chi connectivity index (χ3n) is 6.55. The number of hydrogen-bond donors (Lipinski definition) is 2. The summed E-state index contributed by atoms with van der Waals surface area (Å²) >= 11 is 0. The Balaban J connectivity index is 1.49. The Morgan fingerprint density at radius 1 is 1.23 bits per heavy atom. The second-order valence-corrected chi connectivity index (χ2v) is 8.44. The lowest BCUT2D eigenvalue weighted by molar-refractivity contribution is -0.992. The number of aromatic nitrogens is 2. The van der Waals surface area contributed by atoms with Crippen molar-refractivity contribution in [3.8, 4) is 5.75 Å². The fourth-order valence-electron chi connectivity index (χ4n) is 5.11. The molecule has 2 bridgehead atoms. The van der Waals surface area contributed by atoms with E-state index < -0.39 is 10.8 Å². The summed E-state index contributed by atoms with van der Waals surface area (Å²) in [4.78, 5) is 28.0. The molecule has 0 aliphatic carbocycles. The standard InChI is InChI=1S/C22H24N4O5/c1-23-12-17(16-8-15(31-2)3-4-19(16)23)21(27)24-9-13-7-14(11-24)18-5-6-20(26(29)30)22(28)25(18)10-13/h3-6,8,12-14,26,29H,7,9-11H2,1-2H3. The first kappa shape index (κ1) is 19.8. The summed E-state index contributed by atoms with van der Waals surface area (Å²) in [6.45, 7) is 1.47. The van der Waals surface area contributed by atoms with Crippen molar-refractivity contribution in [1.82, 2.24) is 14.0 Å². The van der Waals surface area contributed by atoms with Gasteiger partial charge in [0.2, 0.25) is 5.69 Å². The van der Waals surface area contributed by atoms with Gasteiger partial charge in [0.05, 0.1) is 12.7 Å². The molecule has 0 saturated carbocycles. The first-order valence-electron chi connectivity index (χ1n) is 10.3. The summed E-state index contributed by atoms with van der Waals surface area (Å²) in [6, 6.07) is 8.81. The van der Waals surface area contributed by atoms with Gasteiger partial charge in [0.15, 0.2) is 0 Å². The average molecular weight is 424 g/mol. The Labute approximate surface area is 178 Å². The second-order valence-electron chi connectivity index (χ2n) is 8.44. The number of pyridine rings is 1. The first-order chi connectivity index (χ1) is 14.9. The largest absolute Gasteiger partial charge is 0.595 e. The number of amides is 1. The van der Waals surface area contributed by atoms with Gasteiger partial charge in [0.25, 0.3) is 5.91 Å². The molecule has 9 heteroatoms. The van der Waals surface area contributed by atoms with Crippen LogP contribution >= 0.6 is 0 Å². The molecule has 0 radical (unpaired) electrons. The molecule has 3 aromatic rings. The molecule has 1 amide bonds. The van der Waals surface area contributed by atoms with Gasteiger partial charge in [-0.25, -0.2) is 5.21 Å². The van der Waals surface area contributed by atoms with E-state index in [2.05, 4.69) is 0 Å². The number of piperidine rings is 1. The number of likely N-dealkylation sites (tertiary alicyclic amines) is 1. The van der Waals surface area contributed by atoms with Crippen LogP contribution in [0.5, 0.6) is 5.75 Å². The smallest absolute Gasteiger partial charge is 0.315 e. The van der Waals surface area contributed by atoms with Crippen LogP contribution in [0.25, 0.3) is 10.9 Å². The Kier molecular flexibility index (Phi) is 4.62. The van der Waals surface area contributed by atoms with Crippen LogP contribution in [0.2, 0.25) is 0 Å². The van der Waals surface area contributed by atoms with Crippen LogP contribution in [0.3, 0.4) is 0 Å². The number of nitrogens with one attached hydrogen (secondary N) is 1. The molecule has 9 nitrogen and oxygen atoms in total. The van der Waals surface area contributed by atoms with Crippen molar-refractivity contribution in [2.75, 3.05) is 20.2 Å².